The molecule has 0 amide bonds. The van der Waals surface area contributed by atoms with Crippen LogP contribution in [0.3, 0.4) is 0 Å². The van der Waals surface area contributed by atoms with Crippen LogP contribution in [0.2, 0.25) is 0 Å². The van der Waals surface area contributed by atoms with Crippen molar-refractivity contribution in [2.45, 2.75) is 19.2 Å². The van der Waals surface area contributed by atoms with Crippen molar-refractivity contribution < 1.29 is 19.0 Å². The molecule has 2 unspecified atom stereocenters. The zero-order chi connectivity index (χ0) is 13.8. The molecule has 0 bridgehead atoms. The molecular weight excluding hydrogens is 249 g/mol. The minimum absolute atomic E-state index is 0.0692. The molecular formula is C14H14FNO3. The Hall–Kier alpha value is -2.01. The van der Waals surface area contributed by atoms with E-state index >= 15 is 0 Å². The lowest BCUT2D eigenvalue weighted by molar-refractivity contribution is -0.153. The minimum Gasteiger partial charge on any atom is -0.464 e. The van der Waals surface area contributed by atoms with Crippen LogP contribution in [0, 0.1) is 0 Å². The Morgan fingerprint density at radius 3 is 2.89 bits per heavy atom. The number of para-hydroxylation sites is 1. The number of hydrogen-bond acceptors (Lipinski definition) is 4. The number of hydrogen-bond donors (Lipinski definition) is 1. The Kier molecular flexibility index (Phi) is 4.06. The van der Waals surface area contributed by atoms with Crippen LogP contribution in [0.25, 0.3) is 10.9 Å². The highest BCUT2D eigenvalue weighted by Crippen LogP contribution is 2.26. The molecule has 1 aromatic carbocycles. The molecule has 0 fully saturated rings. The predicted octanol–water partition coefficient (Wildman–Crippen LogP) is 2.17. The lowest BCUT2D eigenvalue weighted by atomic mass is 10.0. The molecule has 19 heavy (non-hydrogen) atoms. The number of carbonyl (C=O) groups is 1. The van der Waals surface area contributed by atoms with Crippen LogP contribution in [0.15, 0.2) is 36.5 Å². The molecule has 100 valence electrons. The third-order valence-electron chi connectivity index (χ3n) is 2.77. The Bertz CT molecular complexity index is 582. The number of aliphatic hydroxyl groups excluding tert-OH is 1. The van der Waals surface area contributed by atoms with Gasteiger partial charge in [-0.3, -0.25) is 4.98 Å². The maximum Gasteiger partial charge on any atom is 0.343 e. The van der Waals surface area contributed by atoms with Gasteiger partial charge in [-0.05, 0) is 13.0 Å². The van der Waals surface area contributed by atoms with Gasteiger partial charge in [0.25, 0.3) is 0 Å². The van der Waals surface area contributed by atoms with Gasteiger partial charge in [0.2, 0.25) is 6.17 Å². The van der Waals surface area contributed by atoms with E-state index < -0.39 is 18.2 Å². The third-order valence-corrected chi connectivity index (χ3v) is 2.77. The zero-order valence-corrected chi connectivity index (χ0v) is 10.4. The lowest BCUT2D eigenvalue weighted by Gasteiger charge is -2.16. The summed E-state index contributed by atoms with van der Waals surface area (Å²) >= 11 is 0. The summed E-state index contributed by atoms with van der Waals surface area (Å²) in [5.41, 5.74) is 0.753. The second-order valence-electron chi connectivity index (χ2n) is 4.02. The molecule has 5 heteroatoms. The summed E-state index contributed by atoms with van der Waals surface area (Å²) in [4.78, 5) is 15.4. The van der Waals surface area contributed by atoms with Crippen LogP contribution in [0.4, 0.5) is 4.39 Å². The quantitative estimate of drug-likeness (QED) is 0.859. The first-order valence-electron chi connectivity index (χ1n) is 5.97. The monoisotopic (exact) mass is 263 g/mol. The number of nitrogens with zero attached hydrogens (tertiary/aromatic N) is 1. The Balaban J connectivity index is 2.36. The van der Waals surface area contributed by atoms with Gasteiger partial charge >= 0.3 is 5.97 Å². The predicted molar refractivity (Wildman–Crippen MR) is 68.2 cm³/mol. The molecule has 1 heterocycles. The van der Waals surface area contributed by atoms with E-state index in [0.29, 0.717) is 5.52 Å². The highest BCUT2D eigenvalue weighted by Gasteiger charge is 2.30. The number of carbonyl (C=O) groups excluding carboxylic acids is 1. The van der Waals surface area contributed by atoms with E-state index in [0.717, 1.165) is 5.39 Å². The van der Waals surface area contributed by atoms with Crippen molar-refractivity contribution in [3.05, 3.63) is 42.1 Å². The van der Waals surface area contributed by atoms with Gasteiger partial charge in [-0.2, -0.15) is 0 Å². The van der Waals surface area contributed by atoms with E-state index in [1.54, 1.807) is 43.5 Å². The van der Waals surface area contributed by atoms with E-state index in [1.807, 2.05) is 0 Å². The third kappa shape index (κ3) is 2.71. The molecule has 0 spiro atoms. The summed E-state index contributed by atoms with van der Waals surface area (Å²) in [7, 11) is 0. The summed E-state index contributed by atoms with van der Waals surface area (Å²) in [6.45, 7) is 1.65. The van der Waals surface area contributed by atoms with Crippen molar-refractivity contribution in [2.24, 2.45) is 0 Å². The maximum atomic E-state index is 13.8. The maximum absolute atomic E-state index is 13.8. The molecule has 0 saturated heterocycles. The Labute approximate surface area is 109 Å². The Morgan fingerprint density at radius 1 is 1.42 bits per heavy atom. The first-order valence-corrected chi connectivity index (χ1v) is 5.97. The van der Waals surface area contributed by atoms with Gasteiger partial charge in [0.15, 0.2) is 0 Å². The molecule has 4 nitrogen and oxygen atoms in total. The second kappa shape index (κ2) is 5.75. The highest BCUT2D eigenvalue weighted by atomic mass is 19.1. The van der Waals surface area contributed by atoms with E-state index in [4.69, 9.17) is 0 Å². The average molecular weight is 263 g/mol. The summed E-state index contributed by atoms with van der Waals surface area (Å²) in [6.07, 6.45) is -2.15. The van der Waals surface area contributed by atoms with Crippen molar-refractivity contribution in [2.75, 3.05) is 6.61 Å². The summed E-state index contributed by atoms with van der Waals surface area (Å²) in [6, 6.07) is 8.58. The number of esters is 1. The van der Waals surface area contributed by atoms with E-state index in [9.17, 15) is 14.3 Å². The van der Waals surface area contributed by atoms with Crippen LogP contribution >= 0.6 is 0 Å². The number of fused-ring (bicyclic) bond motifs is 1. The number of halogens is 1. The van der Waals surface area contributed by atoms with E-state index in [-0.39, 0.29) is 12.2 Å². The standard InChI is InChI=1S/C14H14FNO3/c1-2-19-14(18)11(15)13(17)10-7-3-5-9-6-4-8-16-12(9)10/h3-8,11,13,17H,2H2,1H3. The van der Waals surface area contributed by atoms with E-state index in [1.165, 1.54) is 0 Å². The lowest BCUT2D eigenvalue weighted by Crippen LogP contribution is -2.26. The summed E-state index contributed by atoms with van der Waals surface area (Å²) < 4.78 is 18.4. The molecule has 0 saturated carbocycles. The number of aliphatic hydroxyl groups is 1. The summed E-state index contributed by atoms with van der Waals surface area (Å²) in [5.74, 6) is -1.07. The van der Waals surface area contributed by atoms with Gasteiger partial charge in [0, 0.05) is 17.1 Å². The topological polar surface area (TPSA) is 59.4 Å². The molecule has 2 aromatic rings. The molecule has 0 aliphatic carbocycles. The fourth-order valence-electron chi connectivity index (χ4n) is 1.87. The molecule has 2 atom stereocenters. The smallest absolute Gasteiger partial charge is 0.343 e. The zero-order valence-electron chi connectivity index (χ0n) is 10.4. The van der Waals surface area contributed by atoms with Crippen molar-refractivity contribution in [1.29, 1.82) is 0 Å². The number of rotatable bonds is 4. The van der Waals surface area contributed by atoms with Crippen molar-refractivity contribution in [1.82, 2.24) is 4.98 Å². The first-order chi connectivity index (χ1) is 9.15. The van der Waals surface area contributed by atoms with Crippen LogP contribution in [-0.2, 0) is 9.53 Å². The molecule has 2 rings (SSSR count). The normalized spacial score (nSPS) is 14.1. The largest absolute Gasteiger partial charge is 0.464 e. The van der Waals surface area contributed by atoms with E-state index in [2.05, 4.69) is 9.72 Å². The van der Waals surface area contributed by atoms with Crippen LogP contribution in [0.5, 0.6) is 0 Å². The van der Waals surface area contributed by atoms with Crippen molar-refractivity contribution >= 4 is 16.9 Å². The second-order valence-corrected chi connectivity index (χ2v) is 4.02. The first kappa shape index (κ1) is 13.4. The van der Waals surface area contributed by atoms with Gasteiger partial charge in [0.05, 0.1) is 12.1 Å². The van der Waals surface area contributed by atoms with Crippen molar-refractivity contribution in [3.63, 3.8) is 0 Å². The van der Waals surface area contributed by atoms with Crippen LogP contribution in [0.1, 0.15) is 18.6 Å². The number of ether oxygens (including phenoxy) is 1. The average Bonchev–Trinajstić information content (AvgIpc) is 2.45. The molecule has 0 aliphatic rings. The van der Waals surface area contributed by atoms with Gasteiger partial charge in [-0.1, -0.05) is 24.3 Å². The fourth-order valence-corrected chi connectivity index (χ4v) is 1.87. The number of pyridine rings is 1. The molecule has 1 aromatic heterocycles. The van der Waals surface area contributed by atoms with Gasteiger partial charge < -0.3 is 9.84 Å². The number of benzene rings is 1. The fraction of sp³-hybridized carbons (Fsp3) is 0.286. The van der Waals surface area contributed by atoms with Crippen LogP contribution in [-0.4, -0.2) is 28.8 Å². The number of aromatic nitrogens is 1. The Morgan fingerprint density at radius 2 is 2.16 bits per heavy atom. The van der Waals surface area contributed by atoms with Gasteiger partial charge in [-0.25, -0.2) is 9.18 Å². The SMILES string of the molecule is CCOC(=O)C(F)C(O)c1cccc2cccnc12. The van der Waals surface area contributed by atoms with Gasteiger partial charge in [-0.15, -0.1) is 0 Å². The number of alkyl halides is 1. The van der Waals surface area contributed by atoms with Crippen molar-refractivity contribution in [3.8, 4) is 0 Å². The highest BCUT2D eigenvalue weighted by molar-refractivity contribution is 5.83. The van der Waals surface area contributed by atoms with Gasteiger partial charge in [0.1, 0.15) is 6.10 Å². The molecule has 1 N–H and O–H groups in total. The van der Waals surface area contributed by atoms with Crippen LogP contribution < -0.4 is 0 Å². The summed E-state index contributed by atoms with van der Waals surface area (Å²) in [5, 5.41) is 10.7. The minimum atomic E-state index is -2.12. The molecule has 0 radical (unpaired) electrons. The molecule has 0 aliphatic heterocycles.